The van der Waals surface area contributed by atoms with Gasteiger partial charge in [-0.25, -0.2) is 4.98 Å². The van der Waals surface area contributed by atoms with E-state index in [1.165, 1.54) is 4.88 Å². The number of fused-ring (bicyclic) bond motifs is 1. The Morgan fingerprint density at radius 1 is 1.43 bits per heavy atom. The maximum Gasteiger partial charge on any atom is 0.223 e. The number of nitrogens with zero attached hydrogens (tertiary/aromatic N) is 4. The Kier molecular flexibility index (Phi) is 5.30. The van der Waals surface area contributed by atoms with Crippen molar-refractivity contribution in [3.63, 3.8) is 0 Å². The number of thiazole rings is 1. The number of hydrogen-bond acceptors (Lipinski definition) is 6. The van der Waals surface area contributed by atoms with Gasteiger partial charge in [-0.1, -0.05) is 12.1 Å². The zero-order valence-corrected chi connectivity index (χ0v) is 17.3. The van der Waals surface area contributed by atoms with E-state index < -0.39 is 0 Å². The van der Waals surface area contributed by atoms with Crippen LogP contribution in [0.5, 0.6) is 0 Å². The summed E-state index contributed by atoms with van der Waals surface area (Å²) in [6, 6.07) is 0. The van der Waals surface area contributed by atoms with Crippen molar-refractivity contribution in [3.05, 3.63) is 40.0 Å². The lowest BCUT2D eigenvalue weighted by Gasteiger charge is -2.20. The minimum atomic E-state index is -0.0298. The minimum Gasteiger partial charge on any atom is -0.361 e. The molecule has 8 heteroatoms. The first-order chi connectivity index (χ1) is 13.5. The summed E-state index contributed by atoms with van der Waals surface area (Å²) < 4.78 is 7.19. The molecule has 7 nitrogen and oxygen atoms in total. The fraction of sp³-hybridized carbons (Fsp3) is 0.500. The second-order valence-electron chi connectivity index (χ2n) is 7.36. The zero-order chi connectivity index (χ0) is 19.7. The number of rotatable bonds is 6. The lowest BCUT2D eigenvalue weighted by atomic mass is 9.90. The molecule has 1 unspecified atom stereocenters. The molecule has 3 aromatic rings. The van der Waals surface area contributed by atoms with Crippen molar-refractivity contribution in [2.24, 2.45) is 5.92 Å². The van der Waals surface area contributed by atoms with Crippen molar-refractivity contribution < 1.29 is 9.32 Å². The number of aromatic nitrogens is 4. The van der Waals surface area contributed by atoms with Crippen LogP contribution in [-0.2, 0) is 30.7 Å². The van der Waals surface area contributed by atoms with Gasteiger partial charge in [-0.3, -0.25) is 9.48 Å². The topological polar surface area (TPSA) is 85.8 Å². The van der Waals surface area contributed by atoms with Gasteiger partial charge in [0.05, 0.1) is 23.1 Å². The van der Waals surface area contributed by atoms with Crippen LogP contribution in [0, 0.1) is 19.8 Å². The minimum absolute atomic E-state index is 0.0298. The Labute approximate surface area is 168 Å². The van der Waals surface area contributed by atoms with E-state index in [0.717, 1.165) is 59.1 Å². The second-order valence-corrected chi connectivity index (χ2v) is 8.44. The van der Waals surface area contributed by atoms with E-state index in [-0.39, 0.29) is 11.8 Å². The molecule has 1 amide bonds. The monoisotopic (exact) mass is 399 g/mol. The second kappa shape index (κ2) is 7.87. The van der Waals surface area contributed by atoms with E-state index in [9.17, 15) is 4.79 Å². The summed E-state index contributed by atoms with van der Waals surface area (Å²) in [7, 11) is 0. The van der Waals surface area contributed by atoms with Crippen LogP contribution in [0.4, 0.5) is 0 Å². The molecule has 0 spiro atoms. The third kappa shape index (κ3) is 3.73. The molecule has 3 aromatic heterocycles. The Morgan fingerprint density at radius 2 is 2.29 bits per heavy atom. The van der Waals surface area contributed by atoms with Gasteiger partial charge < -0.3 is 9.84 Å². The molecule has 0 fully saturated rings. The smallest absolute Gasteiger partial charge is 0.223 e. The van der Waals surface area contributed by atoms with Crippen molar-refractivity contribution >= 4 is 17.2 Å². The average Bonchev–Trinajstić information content (AvgIpc) is 3.38. The molecule has 1 atom stereocenters. The quantitative estimate of drug-likeness (QED) is 0.686. The van der Waals surface area contributed by atoms with Crippen molar-refractivity contribution in [2.45, 2.75) is 59.5 Å². The van der Waals surface area contributed by atoms with Gasteiger partial charge in [-0.05, 0) is 33.1 Å². The highest BCUT2D eigenvalue weighted by atomic mass is 32.1. The van der Waals surface area contributed by atoms with Crippen LogP contribution in [0.1, 0.15) is 47.4 Å². The Morgan fingerprint density at radius 3 is 3.04 bits per heavy atom. The Bertz CT molecular complexity index is 967. The van der Waals surface area contributed by atoms with Crippen molar-refractivity contribution in [1.29, 1.82) is 0 Å². The van der Waals surface area contributed by atoms with Crippen molar-refractivity contribution in [1.82, 2.24) is 25.2 Å². The fourth-order valence-corrected chi connectivity index (χ4v) is 4.93. The van der Waals surface area contributed by atoms with Gasteiger partial charge in [0.15, 0.2) is 0 Å². The molecule has 4 rings (SSSR count). The first kappa shape index (κ1) is 18.9. The molecule has 1 aliphatic rings. The van der Waals surface area contributed by atoms with Gasteiger partial charge in [0, 0.05) is 42.1 Å². The number of nitrogens with one attached hydrogen (secondary N) is 1. The lowest BCUT2D eigenvalue weighted by molar-refractivity contribution is -0.125. The first-order valence-corrected chi connectivity index (χ1v) is 10.6. The van der Waals surface area contributed by atoms with Gasteiger partial charge in [0.25, 0.3) is 0 Å². The van der Waals surface area contributed by atoms with Crippen LogP contribution in [0.15, 0.2) is 16.9 Å². The highest BCUT2D eigenvalue weighted by Crippen LogP contribution is 2.37. The zero-order valence-electron chi connectivity index (χ0n) is 16.5. The number of hydrogen-bond donors (Lipinski definition) is 1. The molecule has 3 heterocycles. The van der Waals surface area contributed by atoms with E-state index in [1.54, 1.807) is 11.3 Å². The highest BCUT2D eigenvalue weighted by molar-refractivity contribution is 7.15. The molecule has 0 aliphatic heterocycles. The number of carbonyl (C=O) groups is 1. The number of aryl methyl sites for hydroxylation is 4. The first-order valence-electron chi connectivity index (χ1n) is 9.76. The van der Waals surface area contributed by atoms with E-state index in [0.29, 0.717) is 13.0 Å². The van der Waals surface area contributed by atoms with Crippen molar-refractivity contribution in [3.8, 4) is 10.6 Å². The SMILES string of the molecule is CCCn1cc(CNC(=O)C2CCc3sc(-c4c(C)noc4C)nc3C2)cn1. The van der Waals surface area contributed by atoms with Crippen molar-refractivity contribution in [2.75, 3.05) is 0 Å². The van der Waals surface area contributed by atoms with Gasteiger partial charge in [-0.2, -0.15) is 5.10 Å². The van der Waals surface area contributed by atoms with E-state index in [2.05, 4.69) is 22.5 Å². The summed E-state index contributed by atoms with van der Waals surface area (Å²) in [4.78, 5) is 18.8. The maximum atomic E-state index is 12.7. The molecular formula is C20H25N5O2S. The molecular weight excluding hydrogens is 374 g/mol. The summed E-state index contributed by atoms with van der Waals surface area (Å²) in [5.41, 5.74) is 3.93. The van der Waals surface area contributed by atoms with Crippen LogP contribution >= 0.6 is 11.3 Å². The van der Waals surface area contributed by atoms with Gasteiger partial charge >= 0.3 is 0 Å². The molecule has 0 radical (unpaired) electrons. The summed E-state index contributed by atoms with van der Waals surface area (Å²) in [6.07, 6.45) is 7.31. The maximum absolute atomic E-state index is 12.7. The largest absolute Gasteiger partial charge is 0.361 e. The average molecular weight is 400 g/mol. The van der Waals surface area contributed by atoms with Crippen LogP contribution in [0.3, 0.4) is 0 Å². The molecule has 28 heavy (non-hydrogen) atoms. The van der Waals surface area contributed by atoms with E-state index in [4.69, 9.17) is 9.51 Å². The Balaban J connectivity index is 1.40. The van der Waals surface area contributed by atoms with Crippen LogP contribution in [0.25, 0.3) is 10.6 Å². The van der Waals surface area contributed by atoms with Crippen LogP contribution in [0.2, 0.25) is 0 Å². The third-order valence-electron chi connectivity index (χ3n) is 5.16. The van der Waals surface area contributed by atoms with Crippen LogP contribution < -0.4 is 5.32 Å². The third-order valence-corrected chi connectivity index (χ3v) is 6.34. The molecule has 148 valence electrons. The fourth-order valence-electron chi connectivity index (χ4n) is 3.68. The number of carbonyl (C=O) groups excluding carboxylic acids is 1. The van der Waals surface area contributed by atoms with E-state index in [1.807, 2.05) is 30.9 Å². The molecule has 0 saturated carbocycles. The van der Waals surface area contributed by atoms with Crippen LogP contribution in [-0.4, -0.2) is 25.8 Å². The summed E-state index contributed by atoms with van der Waals surface area (Å²) >= 11 is 1.70. The van der Waals surface area contributed by atoms with Gasteiger partial charge in [0.2, 0.25) is 5.91 Å². The summed E-state index contributed by atoms with van der Waals surface area (Å²) in [5.74, 6) is 0.861. The highest BCUT2D eigenvalue weighted by Gasteiger charge is 2.28. The normalized spacial score (nSPS) is 16.2. The molecule has 0 bridgehead atoms. The van der Waals surface area contributed by atoms with Gasteiger partial charge in [-0.15, -0.1) is 11.3 Å². The predicted octanol–water partition coefficient (Wildman–Crippen LogP) is 3.44. The van der Waals surface area contributed by atoms with Gasteiger partial charge in [0.1, 0.15) is 10.8 Å². The molecule has 0 saturated heterocycles. The Hall–Kier alpha value is -2.48. The molecule has 1 N–H and O–H groups in total. The summed E-state index contributed by atoms with van der Waals surface area (Å²) in [6.45, 7) is 7.39. The lowest BCUT2D eigenvalue weighted by Crippen LogP contribution is -2.33. The standard InChI is InChI=1S/C20H25N5O2S/c1-4-7-25-11-14(10-22-25)9-21-19(26)15-5-6-17-16(8-15)23-20(28-17)18-12(2)24-27-13(18)3/h10-11,15H,4-9H2,1-3H3,(H,21,26). The van der Waals surface area contributed by atoms with E-state index >= 15 is 0 Å². The summed E-state index contributed by atoms with van der Waals surface area (Å²) in [5, 5.41) is 12.4. The predicted molar refractivity (Wildman–Crippen MR) is 107 cm³/mol. The number of amides is 1. The molecule has 0 aromatic carbocycles. The molecule has 1 aliphatic carbocycles.